The molecule has 2 aromatic heterocycles. The average Bonchev–Trinajstić information content (AvgIpc) is 2.93. The SMILES string of the molecule is CCOC(=O)c1c(C)oc2ncnc(NCCN3CCC(C)CC3)c12. The fourth-order valence-electron chi connectivity index (χ4n) is 3.25. The summed E-state index contributed by atoms with van der Waals surface area (Å²) in [5, 5.41) is 3.94. The molecule has 2 aromatic rings. The molecule has 0 radical (unpaired) electrons. The number of likely N-dealkylation sites (tertiary alicyclic amines) is 1. The van der Waals surface area contributed by atoms with Crippen molar-refractivity contribution in [3.05, 3.63) is 17.7 Å². The minimum atomic E-state index is -0.401. The molecule has 1 N–H and O–H groups in total. The third kappa shape index (κ3) is 3.92. The van der Waals surface area contributed by atoms with Gasteiger partial charge in [-0.1, -0.05) is 6.92 Å². The number of aromatic nitrogens is 2. The highest BCUT2D eigenvalue weighted by Gasteiger charge is 2.23. The van der Waals surface area contributed by atoms with Gasteiger partial charge in [0.05, 0.1) is 12.0 Å². The van der Waals surface area contributed by atoms with Crippen LogP contribution in [0.15, 0.2) is 10.7 Å². The third-order valence-corrected chi connectivity index (χ3v) is 4.74. The van der Waals surface area contributed by atoms with Crippen molar-refractivity contribution in [3.63, 3.8) is 0 Å². The van der Waals surface area contributed by atoms with Crippen LogP contribution in [0.5, 0.6) is 0 Å². The van der Waals surface area contributed by atoms with E-state index < -0.39 is 5.97 Å². The zero-order valence-corrected chi connectivity index (χ0v) is 15.2. The van der Waals surface area contributed by atoms with E-state index in [1.165, 1.54) is 19.2 Å². The van der Waals surface area contributed by atoms with Gasteiger partial charge in [-0.05, 0) is 45.7 Å². The van der Waals surface area contributed by atoms with Crippen molar-refractivity contribution in [2.45, 2.75) is 33.6 Å². The fraction of sp³-hybridized carbons (Fsp3) is 0.611. The predicted molar refractivity (Wildman–Crippen MR) is 95.8 cm³/mol. The molecule has 3 heterocycles. The Morgan fingerprint density at radius 1 is 1.40 bits per heavy atom. The summed E-state index contributed by atoms with van der Waals surface area (Å²) in [6, 6.07) is 0. The van der Waals surface area contributed by atoms with Gasteiger partial charge in [0.1, 0.15) is 23.5 Å². The van der Waals surface area contributed by atoms with E-state index in [1.807, 2.05) is 0 Å². The number of carbonyl (C=O) groups excluding carboxylic acids is 1. The largest absolute Gasteiger partial charge is 0.462 e. The van der Waals surface area contributed by atoms with E-state index in [0.29, 0.717) is 34.8 Å². The van der Waals surface area contributed by atoms with E-state index in [-0.39, 0.29) is 0 Å². The van der Waals surface area contributed by atoms with Crippen LogP contribution < -0.4 is 5.32 Å². The molecule has 1 fully saturated rings. The van der Waals surface area contributed by atoms with Crippen molar-refractivity contribution >= 4 is 22.9 Å². The number of piperidine rings is 1. The minimum Gasteiger partial charge on any atom is -0.462 e. The molecule has 0 bridgehead atoms. The lowest BCUT2D eigenvalue weighted by molar-refractivity contribution is 0.0526. The monoisotopic (exact) mass is 346 g/mol. The van der Waals surface area contributed by atoms with E-state index in [2.05, 4.69) is 27.1 Å². The number of anilines is 1. The summed E-state index contributed by atoms with van der Waals surface area (Å²) >= 11 is 0. The second-order valence-electron chi connectivity index (χ2n) is 6.61. The van der Waals surface area contributed by atoms with Crippen LogP contribution >= 0.6 is 0 Å². The van der Waals surface area contributed by atoms with Crippen LogP contribution in [0.25, 0.3) is 11.1 Å². The first-order valence-electron chi connectivity index (χ1n) is 8.97. The normalized spacial score (nSPS) is 16.3. The maximum atomic E-state index is 12.3. The standard InChI is InChI=1S/C18H26N4O3/c1-4-24-18(23)14-13(3)25-17-15(14)16(20-11-21-17)19-7-10-22-8-5-12(2)6-9-22/h11-12H,4-10H2,1-3H3,(H,19,20,21). The van der Waals surface area contributed by atoms with Crippen LogP contribution in [0.4, 0.5) is 5.82 Å². The second-order valence-corrected chi connectivity index (χ2v) is 6.61. The van der Waals surface area contributed by atoms with Gasteiger partial charge in [-0.3, -0.25) is 0 Å². The molecule has 0 amide bonds. The Kier molecular flexibility index (Phi) is 5.53. The molecule has 0 saturated carbocycles. The molecule has 0 aromatic carbocycles. The molecular formula is C18H26N4O3. The number of furan rings is 1. The van der Waals surface area contributed by atoms with Crippen molar-refractivity contribution in [1.29, 1.82) is 0 Å². The number of aryl methyl sites for hydroxylation is 1. The van der Waals surface area contributed by atoms with Crippen molar-refractivity contribution in [2.75, 3.05) is 38.1 Å². The number of hydrogen-bond acceptors (Lipinski definition) is 7. The topological polar surface area (TPSA) is 80.5 Å². The van der Waals surface area contributed by atoms with Crippen molar-refractivity contribution in [3.8, 4) is 0 Å². The van der Waals surface area contributed by atoms with Crippen LogP contribution in [0.2, 0.25) is 0 Å². The maximum absolute atomic E-state index is 12.3. The summed E-state index contributed by atoms with van der Waals surface area (Å²) < 4.78 is 10.8. The Morgan fingerprint density at radius 3 is 2.88 bits per heavy atom. The average molecular weight is 346 g/mol. The molecule has 1 aliphatic heterocycles. The Labute approximate surface area is 147 Å². The van der Waals surface area contributed by atoms with Gasteiger partial charge in [0.15, 0.2) is 0 Å². The fourth-order valence-corrected chi connectivity index (χ4v) is 3.25. The molecule has 7 heteroatoms. The molecule has 136 valence electrons. The number of carbonyl (C=O) groups is 1. The summed E-state index contributed by atoms with van der Waals surface area (Å²) in [4.78, 5) is 23.2. The van der Waals surface area contributed by atoms with E-state index in [9.17, 15) is 4.79 Å². The molecule has 1 saturated heterocycles. The number of rotatable bonds is 6. The Balaban J connectivity index is 1.73. The van der Waals surface area contributed by atoms with Gasteiger partial charge >= 0.3 is 5.97 Å². The molecule has 0 atom stereocenters. The first kappa shape index (κ1) is 17.7. The van der Waals surface area contributed by atoms with Gasteiger partial charge in [-0.15, -0.1) is 0 Å². The number of nitrogens with one attached hydrogen (secondary N) is 1. The predicted octanol–water partition coefficient (Wildman–Crippen LogP) is 2.85. The van der Waals surface area contributed by atoms with Crippen molar-refractivity contribution in [1.82, 2.24) is 14.9 Å². The molecule has 0 aliphatic carbocycles. The summed E-state index contributed by atoms with van der Waals surface area (Å²) in [5.74, 6) is 1.55. The molecule has 7 nitrogen and oxygen atoms in total. The van der Waals surface area contributed by atoms with Crippen LogP contribution in [-0.4, -0.2) is 53.6 Å². The lowest BCUT2D eigenvalue weighted by atomic mass is 9.99. The van der Waals surface area contributed by atoms with Gasteiger partial charge < -0.3 is 19.4 Å². The Bertz CT molecular complexity index is 735. The van der Waals surface area contributed by atoms with Gasteiger partial charge in [-0.25, -0.2) is 14.8 Å². The first-order chi connectivity index (χ1) is 12.1. The molecule has 25 heavy (non-hydrogen) atoms. The second kappa shape index (κ2) is 7.82. The zero-order valence-electron chi connectivity index (χ0n) is 15.2. The molecule has 0 spiro atoms. The van der Waals surface area contributed by atoms with E-state index in [0.717, 1.165) is 32.1 Å². The molecular weight excluding hydrogens is 320 g/mol. The van der Waals surface area contributed by atoms with Crippen molar-refractivity contribution < 1.29 is 13.9 Å². The highest BCUT2D eigenvalue weighted by atomic mass is 16.5. The molecule has 0 unspecified atom stereocenters. The smallest absolute Gasteiger partial charge is 0.342 e. The van der Waals surface area contributed by atoms with Crippen LogP contribution in [0.3, 0.4) is 0 Å². The summed E-state index contributed by atoms with van der Waals surface area (Å²) in [6.07, 6.45) is 3.96. The highest BCUT2D eigenvalue weighted by Crippen LogP contribution is 2.29. The number of hydrogen-bond donors (Lipinski definition) is 1. The maximum Gasteiger partial charge on any atom is 0.342 e. The van der Waals surface area contributed by atoms with Gasteiger partial charge in [0.25, 0.3) is 0 Å². The number of esters is 1. The van der Waals surface area contributed by atoms with E-state index >= 15 is 0 Å². The minimum absolute atomic E-state index is 0.314. The first-order valence-corrected chi connectivity index (χ1v) is 8.97. The van der Waals surface area contributed by atoms with E-state index in [1.54, 1.807) is 13.8 Å². The lowest BCUT2D eigenvalue weighted by Crippen LogP contribution is -2.36. The van der Waals surface area contributed by atoms with E-state index in [4.69, 9.17) is 9.15 Å². The van der Waals surface area contributed by atoms with Crippen molar-refractivity contribution in [2.24, 2.45) is 5.92 Å². The molecule has 3 rings (SSSR count). The Morgan fingerprint density at radius 2 is 2.16 bits per heavy atom. The quantitative estimate of drug-likeness (QED) is 0.806. The highest BCUT2D eigenvalue weighted by molar-refractivity contribution is 6.07. The number of fused-ring (bicyclic) bond motifs is 1. The summed E-state index contributed by atoms with van der Waals surface area (Å²) in [6.45, 7) is 10.1. The van der Waals surface area contributed by atoms with Crippen LogP contribution in [-0.2, 0) is 4.74 Å². The zero-order chi connectivity index (χ0) is 17.8. The summed E-state index contributed by atoms with van der Waals surface area (Å²) in [5.41, 5.74) is 0.816. The number of nitrogens with zero attached hydrogens (tertiary/aromatic N) is 3. The van der Waals surface area contributed by atoms with Gasteiger partial charge in [0.2, 0.25) is 5.71 Å². The Hall–Kier alpha value is -2.15. The lowest BCUT2D eigenvalue weighted by Gasteiger charge is -2.30. The van der Waals surface area contributed by atoms with Gasteiger partial charge in [-0.2, -0.15) is 0 Å². The van der Waals surface area contributed by atoms with Crippen LogP contribution in [0, 0.1) is 12.8 Å². The number of ether oxygens (including phenoxy) is 1. The third-order valence-electron chi connectivity index (χ3n) is 4.74. The van der Waals surface area contributed by atoms with Gasteiger partial charge in [0, 0.05) is 13.1 Å². The molecule has 1 aliphatic rings. The summed E-state index contributed by atoms with van der Waals surface area (Å²) in [7, 11) is 0. The van der Waals surface area contributed by atoms with Crippen LogP contribution in [0.1, 0.15) is 42.8 Å².